The molecule has 1 saturated heterocycles. The maximum absolute atomic E-state index is 13.8. The van der Waals surface area contributed by atoms with Crippen LogP contribution < -0.4 is 16.0 Å². The SMILES string of the molecule is CC1(C)C(=O)N(C2CCN(C(=O)[C@H](CCc3ccccc3)NC(=O)C3(N)CCCC3)CC2)c2ccccc21. The third-order valence-electron chi connectivity index (χ3n) is 8.85. The zero-order chi connectivity index (χ0) is 26.9. The molecule has 0 bridgehead atoms. The lowest BCUT2D eigenvalue weighted by Gasteiger charge is -2.39. The molecule has 3 aliphatic rings. The first-order valence-electron chi connectivity index (χ1n) is 14.1. The Morgan fingerprint density at radius 2 is 1.63 bits per heavy atom. The molecule has 38 heavy (non-hydrogen) atoms. The number of nitrogens with zero attached hydrogens (tertiary/aromatic N) is 2. The number of carbonyl (C=O) groups excluding carboxylic acids is 3. The second-order valence-corrected chi connectivity index (χ2v) is 11.8. The van der Waals surface area contributed by atoms with Gasteiger partial charge in [0.2, 0.25) is 17.7 Å². The number of hydrogen-bond donors (Lipinski definition) is 2. The van der Waals surface area contributed by atoms with Gasteiger partial charge in [-0.3, -0.25) is 14.4 Å². The number of piperidine rings is 1. The van der Waals surface area contributed by atoms with Crippen LogP contribution in [0.2, 0.25) is 0 Å². The van der Waals surface area contributed by atoms with Gasteiger partial charge >= 0.3 is 0 Å². The van der Waals surface area contributed by atoms with Crippen molar-refractivity contribution in [3.05, 3.63) is 65.7 Å². The number of benzene rings is 2. The van der Waals surface area contributed by atoms with Gasteiger partial charge in [0.15, 0.2) is 0 Å². The lowest BCUT2D eigenvalue weighted by molar-refractivity contribution is -0.138. The predicted octanol–water partition coefficient (Wildman–Crippen LogP) is 3.69. The average molecular weight is 517 g/mol. The van der Waals surface area contributed by atoms with Crippen LogP contribution >= 0.6 is 0 Å². The molecule has 7 heteroatoms. The van der Waals surface area contributed by atoms with Gasteiger partial charge in [0.05, 0.1) is 11.0 Å². The maximum atomic E-state index is 13.8. The van der Waals surface area contributed by atoms with Crippen LogP contribution in [0.25, 0.3) is 0 Å². The Balaban J connectivity index is 1.27. The Morgan fingerprint density at radius 1 is 1.00 bits per heavy atom. The number of fused-ring (bicyclic) bond motifs is 1. The summed E-state index contributed by atoms with van der Waals surface area (Å²) in [4.78, 5) is 44.1. The molecule has 1 atom stereocenters. The first-order valence-corrected chi connectivity index (χ1v) is 14.1. The van der Waals surface area contributed by atoms with Crippen molar-refractivity contribution in [3.63, 3.8) is 0 Å². The van der Waals surface area contributed by atoms with Crippen molar-refractivity contribution >= 4 is 23.4 Å². The van der Waals surface area contributed by atoms with Gasteiger partial charge in [0.1, 0.15) is 6.04 Å². The summed E-state index contributed by atoms with van der Waals surface area (Å²) >= 11 is 0. The minimum absolute atomic E-state index is 0.0530. The number of anilines is 1. The fourth-order valence-corrected chi connectivity index (χ4v) is 6.41. The molecule has 2 aromatic carbocycles. The average Bonchev–Trinajstić information content (AvgIpc) is 3.47. The summed E-state index contributed by atoms with van der Waals surface area (Å²) in [6.45, 7) is 5.09. The summed E-state index contributed by atoms with van der Waals surface area (Å²) in [5, 5.41) is 3.04. The lowest BCUT2D eigenvalue weighted by atomic mass is 9.86. The van der Waals surface area contributed by atoms with Crippen LogP contribution in [0.5, 0.6) is 0 Å². The largest absolute Gasteiger partial charge is 0.343 e. The van der Waals surface area contributed by atoms with Crippen molar-refractivity contribution in [1.29, 1.82) is 0 Å². The van der Waals surface area contributed by atoms with Crippen molar-refractivity contribution in [2.75, 3.05) is 18.0 Å². The van der Waals surface area contributed by atoms with E-state index in [1.165, 1.54) is 0 Å². The molecule has 2 aromatic rings. The van der Waals surface area contributed by atoms with Crippen molar-refractivity contribution in [2.45, 2.75) is 88.3 Å². The summed E-state index contributed by atoms with van der Waals surface area (Å²) < 4.78 is 0. The van der Waals surface area contributed by atoms with Crippen LogP contribution in [0.15, 0.2) is 54.6 Å². The van der Waals surface area contributed by atoms with E-state index >= 15 is 0 Å². The molecule has 1 aliphatic carbocycles. The highest BCUT2D eigenvalue weighted by Gasteiger charge is 2.47. The van der Waals surface area contributed by atoms with Gasteiger partial charge in [-0.1, -0.05) is 61.4 Å². The van der Waals surface area contributed by atoms with Crippen LogP contribution in [0.1, 0.15) is 69.9 Å². The second kappa shape index (κ2) is 10.5. The molecule has 3 amide bonds. The fraction of sp³-hybridized carbons (Fsp3) is 0.516. The lowest BCUT2D eigenvalue weighted by Crippen LogP contribution is -2.59. The maximum Gasteiger partial charge on any atom is 0.245 e. The fourth-order valence-electron chi connectivity index (χ4n) is 6.41. The van der Waals surface area contributed by atoms with E-state index in [0.717, 1.165) is 29.7 Å². The molecule has 3 N–H and O–H groups in total. The normalized spacial score (nSPS) is 21.3. The molecule has 0 spiro atoms. The molecular weight excluding hydrogens is 476 g/mol. The molecule has 5 rings (SSSR count). The summed E-state index contributed by atoms with van der Waals surface area (Å²) in [7, 11) is 0. The minimum atomic E-state index is -0.880. The Morgan fingerprint density at radius 3 is 2.32 bits per heavy atom. The number of aryl methyl sites for hydroxylation is 1. The molecule has 7 nitrogen and oxygen atoms in total. The smallest absolute Gasteiger partial charge is 0.245 e. The Kier molecular flexibility index (Phi) is 7.32. The molecule has 2 aliphatic heterocycles. The van der Waals surface area contributed by atoms with E-state index in [1.54, 1.807) is 0 Å². The third kappa shape index (κ3) is 4.96. The molecule has 1 saturated carbocycles. The first-order chi connectivity index (χ1) is 18.2. The summed E-state index contributed by atoms with van der Waals surface area (Å²) in [5.41, 5.74) is 8.19. The molecule has 2 fully saturated rings. The van der Waals surface area contributed by atoms with Crippen molar-refractivity contribution < 1.29 is 14.4 Å². The highest BCUT2D eigenvalue weighted by molar-refractivity contribution is 6.08. The van der Waals surface area contributed by atoms with Crippen molar-refractivity contribution in [2.24, 2.45) is 5.73 Å². The molecule has 0 radical (unpaired) electrons. The van der Waals surface area contributed by atoms with Crippen molar-refractivity contribution in [1.82, 2.24) is 10.2 Å². The van der Waals surface area contributed by atoms with E-state index in [1.807, 2.05) is 78.2 Å². The zero-order valence-electron chi connectivity index (χ0n) is 22.6. The number of nitrogens with two attached hydrogens (primary N) is 1. The topological polar surface area (TPSA) is 95.7 Å². The quantitative estimate of drug-likeness (QED) is 0.587. The van der Waals surface area contributed by atoms with E-state index in [4.69, 9.17) is 5.73 Å². The number of hydrogen-bond acceptors (Lipinski definition) is 4. The van der Waals surface area contributed by atoms with Crippen LogP contribution in [0, 0.1) is 0 Å². The Labute approximate surface area is 225 Å². The van der Waals surface area contributed by atoms with E-state index in [9.17, 15) is 14.4 Å². The van der Waals surface area contributed by atoms with Crippen LogP contribution in [0.3, 0.4) is 0 Å². The highest BCUT2D eigenvalue weighted by Crippen LogP contribution is 2.43. The predicted molar refractivity (Wildman–Crippen MR) is 149 cm³/mol. The van der Waals surface area contributed by atoms with Gasteiger partial charge in [-0.15, -0.1) is 0 Å². The number of carbonyl (C=O) groups is 3. The Hall–Kier alpha value is -3.19. The number of likely N-dealkylation sites (tertiary alicyclic amines) is 1. The van der Waals surface area contributed by atoms with Gasteiger partial charge in [-0.05, 0) is 69.6 Å². The zero-order valence-corrected chi connectivity index (χ0v) is 22.6. The third-order valence-corrected chi connectivity index (χ3v) is 8.85. The number of nitrogens with one attached hydrogen (secondary N) is 1. The molecule has 0 unspecified atom stereocenters. The van der Waals surface area contributed by atoms with Gasteiger partial charge < -0.3 is 20.9 Å². The highest BCUT2D eigenvalue weighted by atomic mass is 16.2. The Bertz CT molecular complexity index is 1180. The van der Waals surface area contributed by atoms with Gasteiger partial charge in [0.25, 0.3) is 0 Å². The minimum Gasteiger partial charge on any atom is -0.343 e. The van der Waals surface area contributed by atoms with Gasteiger partial charge in [-0.25, -0.2) is 0 Å². The van der Waals surface area contributed by atoms with Gasteiger partial charge in [-0.2, -0.15) is 0 Å². The second-order valence-electron chi connectivity index (χ2n) is 11.8. The van der Waals surface area contributed by atoms with Crippen LogP contribution in [-0.4, -0.2) is 53.3 Å². The first kappa shape index (κ1) is 26.4. The summed E-state index contributed by atoms with van der Waals surface area (Å²) in [6, 6.07) is 17.5. The molecular formula is C31H40N4O3. The van der Waals surface area contributed by atoms with E-state index < -0.39 is 17.0 Å². The summed E-state index contributed by atoms with van der Waals surface area (Å²) in [6.07, 6.45) is 5.84. The number of para-hydroxylation sites is 1. The van der Waals surface area contributed by atoms with Crippen LogP contribution in [0.4, 0.5) is 5.69 Å². The standard InChI is InChI=1S/C31H40N4O3/c1-30(2)24-12-6-7-13-26(24)35(29(30)38)23-16-20-34(21-17-23)27(36)25(15-14-22-10-4-3-5-11-22)33-28(37)31(32)18-8-9-19-31/h3-7,10-13,23,25H,8-9,14-21,32H2,1-2H3,(H,33,37)/t25-/m0/s1. The van der Waals surface area contributed by atoms with Crippen molar-refractivity contribution in [3.8, 4) is 0 Å². The van der Waals surface area contributed by atoms with Gasteiger partial charge in [0, 0.05) is 24.8 Å². The molecule has 2 heterocycles. The van der Waals surface area contributed by atoms with E-state index in [-0.39, 0.29) is 23.8 Å². The molecule has 202 valence electrons. The molecule has 0 aromatic heterocycles. The van der Waals surface area contributed by atoms with E-state index in [0.29, 0.717) is 51.6 Å². The number of amides is 3. The van der Waals surface area contributed by atoms with Crippen LogP contribution in [-0.2, 0) is 26.2 Å². The summed E-state index contributed by atoms with van der Waals surface area (Å²) in [5.74, 6) is -0.137. The number of rotatable bonds is 7. The monoisotopic (exact) mass is 516 g/mol. The van der Waals surface area contributed by atoms with E-state index in [2.05, 4.69) is 5.32 Å².